The Bertz CT molecular complexity index is 1240. The fourth-order valence-corrected chi connectivity index (χ4v) is 4.33. The third-order valence-electron chi connectivity index (χ3n) is 5.59. The Morgan fingerprint density at radius 2 is 1.62 bits per heavy atom. The van der Waals surface area contributed by atoms with Crippen molar-refractivity contribution in [2.45, 2.75) is 31.0 Å². The first-order valence-electron chi connectivity index (χ1n) is 11.2. The molecule has 4 aromatic rings. The number of aryl methyl sites for hydroxylation is 2. The Balaban J connectivity index is 1.35. The van der Waals surface area contributed by atoms with Crippen LogP contribution in [0.2, 0.25) is 0 Å². The summed E-state index contributed by atoms with van der Waals surface area (Å²) in [5.74, 6) is 2.03. The molecule has 4 rings (SSSR count). The molecule has 34 heavy (non-hydrogen) atoms. The highest BCUT2D eigenvalue weighted by atomic mass is 32.2. The van der Waals surface area contributed by atoms with Crippen LogP contribution in [0.4, 0.5) is 5.69 Å². The summed E-state index contributed by atoms with van der Waals surface area (Å²) in [6, 6.07) is 24.0. The summed E-state index contributed by atoms with van der Waals surface area (Å²) in [5, 5.41) is 2.98. The Morgan fingerprint density at radius 3 is 2.26 bits per heavy atom. The number of thioether (sulfide) groups is 1. The predicted octanol–water partition coefficient (Wildman–Crippen LogP) is 6.25. The second-order valence-corrected chi connectivity index (χ2v) is 9.49. The van der Waals surface area contributed by atoms with Crippen molar-refractivity contribution in [2.24, 2.45) is 0 Å². The summed E-state index contributed by atoms with van der Waals surface area (Å²) < 4.78 is 5.91. The highest BCUT2D eigenvalue weighted by molar-refractivity contribution is 7.98. The van der Waals surface area contributed by atoms with Gasteiger partial charge in [0.2, 0.25) is 5.89 Å². The van der Waals surface area contributed by atoms with Crippen molar-refractivity contribution >= 4 is 23.4 Å². The molecule has 0 aliphatic heterocycles. The van der Waals surface area contributed by atoms with Crippen LogP contribution in [0.1, 0.15) is 32.9 Å². The molecule has 0 aliphatic carbocycles. The van der Waals surface area contributed by atoms with E-state index in [1.807, 2.05) is 62.3 Å². The number of nitrogens with zero attached hydrogens (tertiary/aromatic N) is 2. The number of amides is 1. The van der Waals surface area contributed by atoms with E-state index in [1.54, 1.807) is 23.9 Å². The van der Waals surface area contributed by atoms with Crippen LogP contribution >= 0.6 is 11.8 Å². The van der Waals surface area contributed by atoms with Crippen LogP contribution in [0.3, 0.4) is 0 Å². The molecule has 3 aromatic carbocycles. The van der Waals surface area contributed by atoms with Gasteiger partial charge in [-0.05, 0) is 67.9 Å². The molecular formula is C28H29N3O2S. The summed E-state index contributed by atoms with van der Waals surface area (Å²) >= 11 is 1.74. The fourth-order valence-electron chi connectivity index (χ4n) is 3.43. The lowest BCUT2D eigenvalue weighted by molar-refractivity contribution is 0.0951. The zero-order valence-corrected chi connectivity index (χ0v) is 20.8. The number of hydrogen-bond donors (Lipinski definition) is 1. The number of rotatable bonds is 8. The van der Waals surface area contributed by atoms with Crippen LogP contribution in [0.15, 0.2) is 82.1 Å². The van der Waals surface area contributed by atoms with Crippen LogP contribution < -0.4 is 10.2 Å². The number of nitrogens with one attached hydrogen (secondary N) is 1. The van der Waals surface area contributed by atoms with E-state index in [9.17, 15) is 4.79 Å². The lowest BCUT2D eigenvalue weighted by Gasteiger charge is -2.13. The Kier molecular flexibility index (Phi) is 7.38. The lowest BCUT2D eigenvalue weighted by Crippen LogP contribution is -2.22. The van der Waals surface area contributed by atoms with Crippen molar-refractivity contribution in [1.82, 2.24) is 10.3 Å². The van der Waals surface area contributed by atoms with Crippen molar-refractivity contribution in [1.29, 1.82) is 0 Å². The van der Waals surface area contributed by atoms with Gasteiger partial charge in [-0.15, -0.1) is 11.8 Å². The number of aromatic nitrogens is 1. The average Bonchev–Trinajstić information content (AvgIpc) is 3.23. The van der Waals surface area contributed by atoms with Gasteiger partial charge >= 0.3 is 0 Å². The second-order valence-electron chi connectivity index (χ2n) is 8.44. The summed E-state index contributed by atoms with van der Waals surface area (Å²) in [6.07, 6.45) is 0. The van der Waals surface area contributed by atoms with Crippen LogP contribution in [-0.4, -0.2) is 25.0 Å². The quantitative estimate of drug-likeness (QED) is 0.308. The van der Waals surface area contributed by atoms with Gasteiger partial charge in [-0.3, -0.25) is 4.79 Å². The molecule has 1 amide bonds. The van der Waals surface area contributed by atoms with Crippen LogP contribution in [0.25, 0.3) is 11.5 Å². The molecule has 5 nitrogen and oxygen atoms in total. The van der Waals surface area contributed by atoms with E-state index in [2.05, 4.69) is 36.5 Å². The van der Waals surface area contributed by atoms with E-state index in [-0.39, 0.29) is 5.91 Å². The van der Waals surface area contributed by atoms with Gasteiger partial charge in [0.05, 0.1) is 5.69 Å². The Labute approximate surface area is 205 Å². The van der Waals surface area contributed by atoms with Gasteiger partial charge in [-0.1, -0.05) is 29.8 Å². The van der Waals surface area contributed by atoms with Crippen molar-refractivity contribution in [3.63, 3.8) is 0 Å². The van der Waals surface area contributed by atoms with Gasteiger partial charge in [0.25, 0.3) is 5.91 Å². The summed E-state index contributed by atoms with van der Waals surface area (Å²) in [6.45, 7) is 4.51. The van der Waals surface area contributed by atoms with Crippen LogP contribution in [-0.2, 0) is 12.3 Å². The minimum atomic E-state index is -0.109. The molecule has 6 heteroatoms. The van der Waals surface area contributed by atoms with Crippen molar-refractivity contribution in [3.05, 3.63) is 101 Å². The molecule has 0 radical (unpaired) electrons. The van der Waals surface area contributed by atoms with Gasteiger partial charge in [0.15, 0.2) is 0 Å². The Hall–Kier alpha value is -3.51. The average molecular weight is 472 g/mol. The SMILES string of the molecule is Cc1ccc(SCc2nc(-c3ccc(C(=O)NCc4ccc(N(C)C)cc4)cc3)oc2C)cc1. The van der Waals surface area contributed by atoms with Crippen molar-refractivity contribution < 1.29 is 9.21 Å². The third-order valence-corrected chi connectivity index (χ3v) is 6.61. The maximum Gasteiger partial charge on any atom is 0.251 e. The zero-order valence-electron chi connectivity index (χ0n) is 20.0. The maximum atomic E-state index is 12.6. The lowest BCUT2D eigenvalue weighted by atomic mass is 10.1. The smallest absolute Gasteiger partial charge is 0.251 e. The molecule has 0 aliphatic rings. The molecule has 0 saturated heterocycles. The van der Waals surface area contributed by atoms with Gasteiger partial charge in [0.1, 0.15) is 5.76 Å². The number of hydrogen-bond acceptors (Lipinski definition) is 5. The largest absolute Gasteiger partial charge is 0.441 e. The molecular weight excluding hydrogens is 442 g/mol. The summed E-state index contributed by atoms with van der Waals surface area (Å²) in [7, 11) is 4.01. The molecule has 174 valence electrons. The van der Waals surface area contributed by atoms with E-state index in [4.69, 9.17) is 9.40 Å². The molecule has 0 fully saturated rings. The van der Waals surface area contributed by atoms with Crippen molar-refractivity contribution in [3.8, 4) is 11.5 Å². The van der Waals surface area contributed by atoms with Gasteiger partial charge in [0, 0.05) is 48.1 Å². The maximum absolute atomic E-state index is 12.6. The zero-order chi connectivity index (χ0) is 24.1. The summed E-state index contributed by atoms with van der Waals surface area (Å²) in [4.78, 5) is 20.5. The molecule has 0 saturated carbocycles. The molecule has 0 atom stereocenters. The highest BCUT2D eigenvalue weighted by Gasteiger charge is 2.13. The first-order chi connectivity index (χ1) is 16.4. The Morgan fingerprint density at radius 1 is 0.941 bits per heavy atom. The second kappa shape index (κ2) is 10.6. The number of benzene rings is 3. The third kappa shape index (κ3) is 5.88. The first-order valence-corrected chi connectivity index (χ1v) is 12.2. The van der Waals surface area contributed by atoms with Gasteiger partial charge < -0.3 is 14.6 Å². The molecule has 0 bridgehead atoms. The highest BCUT2D eigenvalue weighted by Crippen LogP contribution is 2.28. The summed E-state index contributed by atoms with van der Waals surface area (Å²) in [5.41, 5.74) is 5.83. The topological polar surface area (TPSA) is 58.4 Å². The molecule has 0 unspecified atom stereocenters. The van der Waals surface area contributed by atoms with E-state index < -0.39 is 0 Å². The van der Waals surface area contributed by atoms with Crippen LogP contribution in [0, 0.1) is 13.8 Å². The predicted molar refractivity (Wildman–Crippen MR) is 139 cm³/mol. The normalized spacial score (nSPS) is 10.8. The molecule has 1 heterocycles. The fraction of sp³-hybridized carbons (Fsp3) is 0.214. The first kappa shape index (κ1) is 23.6. The van der Waals surface area contributed by atoms with E-state index in [0.717, 1.165) is 34.0 Å². The van der Waals surface area contributed by atoms with Gasteiger partial charge in [-0.25, -0.2) is 4.98 Å². The monoisotopic (exact) mass is 471 g/mol. The standard InChI is InChI=1S/C28H29N3O2S/c1-19-5-15-25(16-6-19)34-18-26-20(2)33-28(30-26)23-11-9-22(10-12-23)27(32)29-17-21-7-13-24(14-8-21)31(3)4/h5-16H,17-18H2,1-4H3,(H,29,32). The molecule has 1 N–H and O–H groups in total. The molecule has 0 spiro atoms. The number of carbonyl (C=O) groups excluding carboxylic acids is 1. The van der Waals surface area contributed by atoms with Crippen LogP contribution in [0.5, 0.6) is 0 Å². The van der Waals surface area contributed by atoms with Crippen molar-refractivity contribution in [2.75, 3.05) is 19.0 Å². The number of carbonyl (C=O) groups is 1. The number of oxazole rings is 1. The van der Waals surface area contributed by atoms with E-state index in [0.29, 0.717) is 18.0 Å². The number of anilines is 1. The van der Waals surface area contributed by atoms with E-state index >= 15 is 0 Å². The molecule has 1 aromatic heterocycles. The minimum absolute atomic E-state index is 0.109. The van der Waals surface area contributed by atoms with E-state index in [1.165, 1.54) is 10.5 Å². The minimum Gasteiger partial charge on any atom is -0.441 e. The van der Waals surface area contributed by atoms with Gasteiger partial charge in [-0.2, -0.15) is 0 Å².